The lowest BCUT2D eigenvalue weighted by Crippen LogP contribution is -2.31. The van der Waals surface area contributed by atoms with Crippen LogP contribution in [0.1, 0.15) is 18.1 Å². The molecule has 2 aromatic carbocycles. The van der Waals surface area contributed by atoms with Crippen LogP contribution < -0.4 is 4.74 Å². The van der Waals surface area contributed by atoms with Crippen LogP contribution in [0.3, 0.4) is 0 Å². The highest BCUT2D eigenvalue weighted by atomic mass is 16.5. The zero-order chi connectivity index (χ0) is 17.2. The smallest absolute Gasteiger partial charge is 0.246 e. The molecule has 0 atom stereocenters. The number of likely N-dealkylation sites (N-methyl/N-ethyl adjacent to an activating group) is 1. The Hall–Kier alpha value is -2.59. The first kappa shape index (κ1) is 17.8. The van der Waals surface area contributed by atoms with Crippen molar-refractivity contribution in [1.82, 2.24) is 4.90 Å². The molecular formula is C20H23NO3. The van der Waals surface area contributed by atoms with Crippen molar-refractivity contribution < 1.29 is 14.6 Å². The molecule has 0 saturated carbocycles. The van der Waals surface area contributed by atoms with Crippen LogP contribution in [0.2, 0.25) is 0 Å². The van der Waals surface area contributed by atoms with Crippen LogP contribution in [0.4, 0.5) is 0 Å². The van der Waals surface area contributed by atoms with Crippen LogP contribution in [0.5, 0.6) is 5.75 Å². The maximum Gasteiger partial charge on any atom is 0.246 e. The molecule has 0 heterocycles. The first-order valence-electron chi connectivity index (χ1n) is 8.07. The van der Waals surface area contributed by atoms with Crippen molar-refractivity contribution in [2.75, 3.05) is 19.7 Å². The average Bonchev–Trinajstić information content (AvgIpc) is 2.64. The zero-order valence-electron chi connectivity index (χ0n) is 13.9. The molecule has 0 aliphatic carbocycles. The number of ether oxygens (including phenoxy) is 1. The third-order valence-electron chi connectivity index (χ3n) is 3.61. The zero-order valence-corrected chi connectivity index (χ0v) is 13.9. The largest absolute Gasteiger partial charge is 0.489 e. The number of rotatable bonds is 8. The number of aliphatic hydroxyl groups excluding tert-OH is 1. The number of carbonyl (C=O) groups excluding carboxylic acids is 1. The van der Waals surface area contributed by atoms with E-state index in [9.17, 15) is 4.79 Å². The maximum absolute atomic E-state index is 12.0. The average molecular weight is 325 g/mol. The molecule has 2 aromatic rings. The minimum Gasteiger partial charge on any atom is -0.489 e. The van der Waals surface area contributed by atoms with Gasteiger partial charge in [-0.1, -0.05) is 42.5 Å². The second-order valence-electron chi connectivity index (χ2n) is 5.32. The minimum atomic E-state index is -0.101. The summed E-state index contributed by atoms with van der Waals surface area (Å²) >= 11 is 0. The topological polar surface area (TPSA) is 49.8 Å². The van der Waals surface area contributed by atoms with Gasteiger partial charge in [0.25, 0.3) is 0 Å². The highest BCUT2D eigenvalue weighted by molar-refractivity contribution is 5.91. The van der Waals surface area contributed by atoms with E-state index in [0.29, 0.717) is 19.7 Å². The Morgan fingerprint density at radius 3 is 2.46 bits per heavy atom. The van der Waals surface area contributed by atoms with E-state index < -0.39 is 0 Å². The molecule has 0 aliphatic rings. The molecule has 0 spiro atoms. The van der Waals surface area contributed by atoms with Gasteiger partial charge in [-0.3, -0.25) is 4.79 Å². The molecule has 1 N–H and O–H groups in total. The lowest BCUT2D eigenvalue weighted by atomic mass is 10.2. The van der Waals surface area contributed by atoms with Crippen molar-refractivity contribution in [3.8, 4) is 5.75 Å². The maximum atomic E-state index is 12.0. The van der Waals surface area contributed by atoms with Crippen molar-refractivity contribution in [2.24, 2.45) is 0 Å². The Morgan fingerprint density at radius 2 is 1.83 bits per heavy atom. The molecule has 0 unspecified atom stereocenters. The summed E-state index contributed by atoms with van der Waals surface area (Å²) < 4.78 is 5.73. The van der Waals surface area contributed by atoms with Crippen LogP contribution in [-0.2, 0) is 11.4 Å². The molecule has 0 aliphatic heterocycles. The molecule has 4 nitrogen and oxygen atoms in total. The second-order valence-corrected chi connectivity index (χ2v) is 5.32. The highest BCUT2D eigenvalue weighted by Crippen LogP contribution is 2.15. The monoisotopic (exact) mass is 325 g/mol. The summed E-state index contributed by atoms with van der Waals surface area (Å²) in [6.45, 7) is 3.32. The fourth-order valence-corrected chi connectivity index (χ4v) is 2.23. The number of nitrogens with zero attached hydrogens (tertiary/aromatic N) is 1. The Labute approximate surface area is 143 Å². The first-order valence-corrected chi connectivity index (χ1v) is 8.07. The SMILES string of the molecule is CCN(CCO)C(=O)/C=C/c1ccc(OCc2ccccc2)cc1. The van der Waals surface area contributed by atoms with Gasteiger partial charge in [-0.25, -0.2) is 0 Å². The number of hydrogen-bond donors (Lipinski definition) is 1. The van der Waals surface area contributed by atoms with Crippen LogP contribution in [0.15, 0.2) is 60.7 Å². The quantitative estimate of drug-likeness (QED) is 0.759. The van der Waals surface area contributed by atoms with Crippen LogP contribution >= 0.6 is 0 Å². The predicted molar refractivity (Wildman–Crippen MR) is 95.6 cm³/mol. The first-order chi connectivity index (χ1) is 11.7. The minimum absolute atomic E-state index is 0.0269. The Bertz CT molecular complexity index is 650. The normalized spacial score (nSPS) is 10.8. The highest BCUT2D eigenvalue weighted by Gasteiger charge is 2.06. The van der Waals surface area contributed by atoms with Gasteiger partial charge in [0, 0.05) is 19.2 Å². The molecular weight excluding hydrogens is 302 g/mol. The fourth-order valence-electron chi connectivity index (χ4n) is 2.23. The molecule has 0 saturated heterocycles. The summed E-state index contributed by atoms with van der Waals surface area (Å²) in [5.41, 5.74) is 2.05. The van der Waals surface area contributed by atoms with Crippen LogP contribution in [0, 0.1) is 0 Å². The van der Waals surface area contributed by atoms with Gasteiger partial charge in [0.15, 0.2) is 0 Å². The van der Waals surface area contributed by atoms with Crippen LogP contribution in [-0.4, -0.2) is 35.6 Å². The number of carbonyl (C=O) groups is 1. The van der Waals surface area contributed by atoms with Gasteiger partial charge < -0.3 is 14.7 Å². The van der Waals surface area contributed by atoms with E-state index >= 15 is 0 Å². The summed E-state index contributed by atoms with van der Waals surface area (Å²) in [7, 11) is 0. The van der Waals surface area contributed by atoms with E-state index in [1.165, 1.54) is 6.08 Å². The molecule has 126 valence electrons. The van der Waals surface area contributed by atoms with Crippen molar-refractivity contribution in [3.05, 3.63) is 71.8 Å². The number of hydrogen-bond acceptors (Lipinski definition) is 3. The molecule has 1 amide bonds. The van der Waals surface area contributed by atoms with Gasteiger partial charge >= 0.3 is 0 Å². The van der Waals surface area contributed by atoms with Crippen molar-refractivity contribution >= 4 is 12.0 Å². The number of benzene rings is 2. The molecule has 0 fully saturated rings. The van der Waals surface area contributed by atoms with Crippen LogP contribution in [0.25, 0.3) is 6.08 Å². The lowest BCUT2D eigenvalue weighted by Gasteiger charge is -2.17. The molecule has 24 heavy (non-hydrogen) atoms. The third-order valence-corrected chi connectivity index (χ3v) is 3.61. The third kappa shape index (κ3) is 5.56. The van der Waals surface area contributed by atoms with Gasteiger partial charge in [0.05, 0.1) is 6.61 Å². The summed E-state index contributed by atoms with van der Waals surface area (Å²) in [4.78, 5) is 13.6. The van der Waals surface area contributed by atoms with Gasteiger partial charge in [0.1, 0.15) is 12.4 Å². The van der Waals surface area contributed by atoms with Crippen molar-refractivity contribution in [2.45, 2.75) is 13.5 Å². The Kier molecular flexibility index (Phi) is 7.05. The van der Waals surface area contributed by atoms with E-state index in [2.05, 4.69) is 0 Å². The van der Waals surface area contributed by atoms with Gasteiger partial charge in [-0.2, -0.15) is 0 Å². The van der Waals surface area contributed by atoms with E-state index in [1.807, 2.05) is 61.5 Å². The van der Waals surface area contributed by atoms with E-state index in [1.54, 1.807) is 11.0 Å². The summed E-state index contributed by atoms with van der Waals surface area (Å²) in [6, 6.07) is 17.6. The van der Waals surface area contributed by atoms with Crippen molar-refractivity contribution in [1.29, 1.82) is 0 Å². The number of amides is 1. The molecule has 0 radical (unpaired) electrons. The van der Waals surface area contributed by atoms with Gasteiger partial charge in [0.2, 0.25) is 5.91 Å². The van der Waals surface area contributed by atoms with Gasteiger partial charge in [-0.15, -0.1) is 0 Å². The Morgan fingerprint density at radius 1 is 1.12 bits per heavy atom. The van der Waals surface area contributed by atoms with E-state index in [-0.39, 0.29) is 12.5 Å². The summed E-state index contributed by atoms with van der Waals surface area (Å²) in [5.74, 6) is 0.689. The molecule has 4 heteroatoms. The Balaban J connectivity index is 1.89. The summed E-state index contributed by atoms with van der Waals surface area (Å²) in [5, 5.41) is 8.93. The summed E-state index contributed by atoms with van der Waals surface area (Å²) in [6.07, 6.45) is 3.29. The number of aliphatic hydroxyl groups is 1. The lowest BCUT2D eigenvalue weighted by molar-refractivity contribution is -0.126. The van der Waals surface area contributed by atoms with Gasteiger partial charge in [-0.05, 0) is 36.3 Å². The molecule has 0 bridgehead atoms. The van der Waals surface area contributed by atoms with Crippen molar-refractivity contribution in [3.63, 3.8) is 0 Å². The second kappa shape index (κ2) is 9.53. The standard InChI is InChI=1S/C20H23NO3/c1-2-21(14-15-22)20(23)13-10-17-8-11-19(12-9-17)24-16-18-6-4-3-5-7-18/h3-13,22H,2,14-16H2,1H3/b13-10+. The van der Waals surface area contributed by atoms with E-state index in [4.69, 9.17) is 9.84 Å². The predicted octanol–water partition coefficient (Wildman–Crippen LogP) is 3.12. The fraction of sp³-hybridized carbons (Fsp3) is 0.250. The molecule has 2 rings (SSSR count). The van der Waals surface area contributed by atoms with E-state index in [0.717, 1.165) is 16.9 Å². The molecule has 0 aromatic heterocycles.